The number of thiazole rings is 1. The molecule has 0 aliphatic heterocycles. The van der Waals surface area contributed by atoms with Gasteiger partial charge >= 0.3 is 11.9 Å². The molecule has 6 heteroatoms. The second-order valence-electron chi connectivity index (χ2n) is 12.9. The monoisotopic (exact) mass is 603 g/mol. The first-order chi connectivity index (χ1) is 21.0. The van der Waals surface area contributed by atoms with E-state index < -0.39 is 0 Å². The highest BCUT2D eigenvalue weighted by molar-refractivity contribution is 7.21. The summed E-state index contributed by atoms with van der Waals surface area (Å²) in [6.07, 6.45) is 18.2. The average Bonchev–Trinajstić information content (AvgIpc) is 3.47. The lowest BCUT2D eigenvalue weighted by molar-refractivity contribution is -0.141. The Hall–Kier alpha value is -2.73. The molecule has 0 N–H and O–H groups in total. The van der Waals surface area contributed by atoms with Gasteiger partial charge in [0.25, 0.3) is 0 Å². The van der Waals surface area contributed by atoms with Crippen LogP contribution in [-0.2, 0) is 9.59 Å². The molecule has 2 saturated carbocycles. The van der Waals surface area contributed by atoms with Gasteiger partial charge in [-0.1, -0.05) is 77.3 Å². The number of rotatable bonds is 13. The van der Waals surface area contributed by atoms with Crippen molar-refractivity contribution < 1.29 is 19.1 Å². The number of hydrogen-bond acceptors (Lipinski definition) is 6. The highest BCUT2D eigenvalue weighted by Crippen LogP contribution is 2.40. The summed E-state index contributed by atoms with van der Waals surface area (Å²) in [7, 11) is 0. The van der Waals surface area contributed by atoms with Crippen LogP contribution in [0.25, 0.3) is 20.8 Å². The van der Waals surface area contributed by atoms with Gasteiger partial charge in [-0.25, -0.2) is 4.98 Å². The number of para-hydroxylation sites is 1. The van der Waals surface area contributed by atoms with Crippen molar-refractivity contribution in [2.45, 2.75) is 117 Å². The lowest BCUT2D eigenvalue weighted by atomic mass is 9.80. The summed E-state index contributed by atoms with van der Waals surface area (Å²) in [5, 5.41) is 0.758. The van der Waals surface area contributed by atoms with Crippen molar-refractivity contribution >= 4 is 33.5 Å². The number of carbonyl (C=O) groups is 2. The molecule has 0 amide bonds. The SMILES string of the molecule is CCCCCC1CCC(C(=O)Oc2ccc(OC(=O)C3CCC(CCCCC)CC3)c(-c3nc4ccccc4s3)c2)CC1. The summed E-state index contributed by atoms with van der Waals surface area (Å²) >= 11 is 1.56. The largest absolute Gasteiger partial charge is 0.426 e. The van der Waals surface area contributed by atoms with E-state index in [1.165, 1.54) is 51.4 Å². The standard InChI is InChI=1S/C37H49NO4S/c1-3-5-7-11-26-15-19-28(20-16-26)36(39)41-30-23-24-33(31(25-30)35-38-32-13-9-10-14-34(32)43-35)42-37(40)29-21-17-27(18-22-29)12-8-6-4-2/h9-10,13-14,23-29H,3-8,11-12,15-22H2,1-2H3. The minimum Gasteiger partial charge on any atom is -0.426 e. The molecule has 232 valence electrons. The van der Waals surface area contributed by atoms with Gasteiger partial charge in [0.2, 0.25) is 0 Å². The lowest BCUT2D eigenvalue weighted by Gasteiger charge is -2.27. The van der Waals surface area contributed by atoms with Gasteiger partial charge in [-0.05, 0) is 93.5 Å². The van der Waals surface area contributed by atoms with Gasteiger partial charge in [0, 0.05) is 0 Å². The Kier molecular flexibility index (Phi) is 11.7. The molecular formula is C37H49NO4S. The van der Waals surface area contributed by atoms with Gasteiger partial charge in [0.05, 0.1) is 27.6 Å². The second kappa shape index (κ2) is 15.8. The predicted molar refractivity (Wildman–Crippen MR) is 176 cm³/mol. The van der Waals surface area contributed by atoms with Crippen LogP contribution in [0.15, 0.2) is 42.5 Å². The molecule has 5 rings (SSSR count). The van der Waals surface area contributed by atoms with Gasteiger partial charge in [0.1, 0.15) is 16.5 Å². The van der Waals surface area contributed by atoms with E-state index in [1.54, 1.807) is 23.5 Å². The number of aromatic nitrogens is 1. The Morgan fingerprint density at radius 1 is 0.744 bits per heavy atom. The van der Waals surface area contributed by atoms with Crippen molar-refractivity contribution in [3.8, 4) is 22.1 Å². The van der Waals surface area contributed by atoms with Crippen molar-refractivity contribution in [1.82, 2.24) is 4.98 Å². The molecule has 0 spiro atoms. The third-order valence-corrected chi connectivity index (χ3v) is 10.8. The highest BCUT2D eigenvalue weighted by atomic mass is 32.1. The van der Waals surface area contributed by atoms with Crippen LogP contribution in [0.2, 0.25) is 0 Å². The summed E-state index contributed by atoms with van der Waals surface area (Å²) in [5.41, 5.74) is 1.60. The van der Waals surface area contributed by atoms with E-state index in [0.717, 1.165) is 78.4 Å². The lowest BCUT2D eigenvalue weighted by Crippen LogP contribution is -2.26. The topological polar surface area (TPSA) is 65.5 Å². The Balaban J connectivity index is 1.26. The minimum absolute atomic E-state index is 0.0528. The number of carbonyl (C=O) groups excluding carboxylic acids is 2. The summed E-state index contributed by atoms with van der Waals surface area (Å²) in [6.45, 7) is 4.49. The molecule has 0 atom stereocenters. The molecule has 2 aliphatic carbocycles. The number of unbranched alkanes of at least 4 members (excludes halogenated alkanes) is 4. The molecule has 0 saturated heterocycles. The van der Waals surface area contributed by atoms with Crippen LogP contribution in [0.1, 0.15) is 117 Å². The summed E-state index contributed by atoms with van der Waals surface area (Å²) < 4.78 is 13.1. The first-order valence-corrected chi connectivity index (χ1v) is 17.8. The number of fused-ring (bicyclic) bond motifs is 1. The van der Waals surface area contributed by atoms with Crippen molar-refractivity contribution in [3.63, 3.8) is 0 Å². The first-order valence-electron chi connectivity index (χ1n) is 17.0. The third-order valence-electron chi connectivity index (χ3n) is 9.70. The molecule has 2 aliphatic rings. The predicted octanol–water partition coefficient (Wildman–Crippen LogP) is 10.5. The van der Waals surface area contributed by atoms with Gasteiger partial charge in [-0.3, -0.25) is 9.59 Å². The normalized spacial score (nSPS) is 22.4. The maximum absolute atomic E-state index is 13.3. The fraction of sp³-hybridized carbons (Fsp3) is 0.595. The molecular weight excluding hydrogens is 554 g/mol. The smallest absolute Gasteiger partial charge is 0.314 e. The molecule has 1 aromatic heterocycles. The molecule has 3 aromatic rings. The maximum Gasteiger partial charge on any atom is 0.314 e. The zero-order valence-electron chi connectivity index (χ0n) is 26.2. The fourth-order valence-corrected chi connectivity index (χ4v) is 7.93. The molecule has 1 heterocycles. The van der Waals surface area contributed by atoms with Crippen molar-refractivity contribution in [2.75, 3.05) is 0 Å². The number of nitrogens with zero attached hydrogens (tertiary/aromatic N) is 1. The quantitative estimate of drug-likeness (QED) is 0.110. The van der Waals surface area contributed by atoms with E-state index in [9.17, 15) is 9.59 Å². The molecule has 43 heavy (non-hydrogen) atoms. The Bertz CT molecular complexity index is 1300. The Labute approximate surface area is 261 Å². The zero-order valence-corrected chi connectivity index (χ0v) is 27.0. The van der Waals surface area contributed by atoms with Gasteiger partial charge in [-0.15, -0.1) is 11.3 Å². The van der Waals surface area contributed by atoms with Gasteiger partial charge in [-0.2, -0.15) is 0 Å². The van der Waals surface area contributed by atoms with Crippen molar-refractivity contribution in [3.05, 3.63) is 42.5 Å². The van der Waals surface area contributed by atoms with E-state index in [2.05, 4.69) is 13.8 Å². The molecule has 2 aromatic carbocycles. The number of ether oxygens (including phenoxy) is 2. The maximum atomic E-state index is 13.3. The first kappa shape index (κ1) is 31.7. The third kappa shape index (κ3) is 8.68. The van der Waals surface area contributed by atoms with Crippen LogP contribution < -0.4 is 9.47 Å². The van der Waals surface area contributed by atoms with Crippen molar-refractivity contribution in [1.29, 1.82) is 0 Å². The highest BCUT2D eigenvalue weighted by Gasteiger charge is 2.30. The number of hydrogen-bond donors (Lipinski definition) is 0. The Morgan fingerprint density at radius 3 is 1.91 bits per heavy atom. The van der Waals surface area contributed by atoms with E-state index in [0.29, 0.717) is 17.1 Å². The minimum atomic E-state index is -0.158. The van der Waals surface area contributed by atoms with Gasteiger partial charge in [0.15, 0.2) is 0 Å². The Morgan fingerprint density at radius 2 is 1.33 bits per heavy atom. The van der Waals surface area contributed by atoms with Crippen LogP contribution in [0.4, 0.5) is 0 Å². The van der Waals surface area contributed by atoms with Crippen LogP contribution in [0.3, 0.4) is 0 Å². The van der Waals surface area contributed by atoms with Crippen LogP contribution in [0, 0.1) is 23.7 Å². The van der Waals surface area contributed by atoms with E-state index in [4.69, 9.17) is 14.5 Å². The van der Waals surface area contributed by atoms with E-state index in [-0.39, 0.29) is 23.8 Å². The number of benzene rings is 2. The number of esters is 2. The van der Waals surface area contributed by atoms with Crippen molar-refractivity contribution in [2.24, 2.45) is 23.7 Å². The van der Waals surface area contributed by atoms with Crippen LogP contribution in [-0.4, -0.2) is 16.9 Å². The summed E-state index contributed by atoms with van der Waals surface area (Å²) in [5.74, 6) is 2.02. The van der Waals surface area contributed by atoms with Gasteiger partial charge < -0.3 is 9.47 Å². The molecule has 5 nitrogen and oxygen atoms in total. The molecule has 0 bridgehead atoms. The van der Waals surface area contributed by atoms with E-state index >= 15 is 0 Å². The average molecular weight is 604 g/mol. The molecule has 0 unspecified atom stereocenters. The van der Waals surface area contributed by atoms with E-state index in [1.807, 2.05) is 30.3 Å². The zero-order chi connectivity index (χ0) is 30.0. The molecule has 0 radical (unpaired) electrons. The van der Waals surface area contributed by atoms with Crippen LogP contribution in [0.5, 0.6) is 11.5 Å². The summed E-state index contributed by atoms with van der Waals surface area (Å²) in [6, 6.07) is 13.4. The van der Waals surface area contributed by atoms with Crippen LogP contribution >= 0.6 is 11.3 Å². The fourth-order valence-electron chi connectivity index (χ4n) is 6.95. The molecule has 2 fully saturated rings. The summed E-state index contributed by atoms with van der Waals surface area (Å²) in [4.78, 5) is 31.4. The second-order valence-corrected chi connectivity index (χ2v) is 13.9.